The van der Waals surface area contributed by atoms with E-state index < -0.39 is 36.0 Å². The Kier molecular flexibility index (Phi) is 7.19. The Morgan fingerprint density at radius 2 is 1.58 bits per heavy atom. The predicted molar refractivity (Wildman–Crippen MR) is 126 cm³/mol. The van der Waals surface area contributed by atoms with E-state index in [0.717, 1.165) is 16.6 Å². The second kappa shape index (κ2) is 9.57. The van der Waals surface area contributed by atoms with Crippen LogP contribution in [0.1, 0.15) is 52.7 Å². The van der Waals surface area contributed by atoms with Crippen molar-refractivity contribution >= 4 is 24.6 Å². The Morgan fingerprint density at radius 1 is 0.939 bits per heavy atom. The zero-order chi connectivity index (χ0) is 24.3. The van der Waals surface area contributed by atoms with Crippen molar-refractivity contribution in [2.45, 2.75) is 71.5 Å². The number of nitrogens with one attached hydrogen (secondary N) is 1. The first kappa shape index (κ1) is 24.8. The number of ether oxygens (including phenoxy) is 2. The molecule has 1 atom stereocenters. The smallest absolute Gasteiger partial charge is 0.459 e. The summed E-state index contributed by atoms with van der Waals surface area (Å²) < 4.78 is 23.0. The molecule has 0 saturated carbocycles. The second-order valence-electron chi connectivity index (χ2n) is 9.77. The maximum atomic E-state index is 13.0. The number of amides is 1. The molecular weight excluding hydrogens is 421 g/mol. The van der Waals surface area contributed by atoms with Crippen molar-refractivity contribution in [3.05, 3.63) is 65.7 Å². The van der Waals surface area contributed by atoms with Gasteiger partial charge in [0.05, 0.1) is 5.60 Å². The van der Waals surface area contributed by atoms with E-state index in [9.17, 15) is 9.59 Å². The Hall–Kier alpha value is -2.84. The summed E-state index contributed by atoms with van der Waals surface area (Å²) in [6.07, 6.45) is -0.472. The van der Waals surface area contributed by atoms with Gasteiger partial charge in [-0.25, -0.2) is 9.59 Å². The summed E-state index contributed by atoms with van der Waals surface area (Å²) in [5, 5.41) is 2.73. The third-order valence-electron chi connectivity index (χ3n) is 5.58. The van der Waals surface area contributed by atoms with E-state index in [1.807, 2.05) is 89.2 Å². The van der Waals surface area contributed by atoms with Gasteiger partial charge in [0.1, 0.15) is 12.2 Å². The normalized spacial score (nSPS) is 19.8. The van der Waals surface area contributed by atoms with Gasteiger partial charge in [-0.05, 0) is 58.1 Å². The van der Waals surface area contributed by atoms with Crippen molar-refractivity contribution in [3.63, 3.8) is 0 Å². The van der Waals surface area contributed by atoms with E-state index in [-0.39, 0.29) is 6.61 Å². The molecule has 3 rings (SSSR count). The predicted octanol–water partition coefficient (Wildman–Crippen LogP) is 3.73. The fraction of sp³-hybridized carbons (Fsp3) is 0.440. The molecule has 0 bridgehead atoms. The number of esters is 1. The van der Waals surface area contributed by atoms with Crippen molar-refractivity contribution in [1.29, 1.82) is 0 Å². The molecule has 1 amide bonds. The molecule has 1 N–H and O–H groups in total. The molecular formula is C25H32BNO6. The number of hydrogen-bond donors (Lipinski definition) is 1. The van der Waals surface area contributed by atoms with E-state index in [1.165, 1.54) is 0 Å². The molecule has 176 valence electrons. The highest BCUT2D eigenvalue weighted by Crippen LogP contribution is 2.38. The van der Waals surface area contributed by atoms with Gasteiger partial charge in [-0.2, -0.15) is 0 Å². The molecule has 0 aromatic heterocycles. The summed E-state index contributed by atoms with van der Waals surface area (Å²) in [4.78, 5) is 24.8. The van der Waals surface area contributed by atoms with Crippen LogP contribution in [-0.2, 0) is 36.7 Å². The van der Waals surface area contributed by atoms with E-state index >= 15 is 0 Å². The summed E-state index contributed by atoms with van der Waals surface area (Å²) in [7, 11) is -0.720. The maximum absolute atomic E-state index is 13.0. The zero-order valence-corrected chi connectivity index (χ0v) is 20.1. The number of carbonyl (C=O) groups excluding carboxylic acids is 2. The van der Waals surface area contributed by atoms with Gasteiger partial charge in [-0.15, -0.1) is 0 Å². The molecule has 1 saturated heterocycles. The standard InChI is InChI=1S/C25H32BNO6/c1-23(2,3)31-22(29)27-16-18-12-14-20(15-13-18)26-32-24(4,5)25(6,33-26)21(28)30-17-19-10-8-7-9-11-19/h7-15H,16-17H2,1-6H3,(H,27,29). The molecule has 1 aliphatic rings. The van der Waals surface area contributed by atoms with Crippen molar-refractivity contribution in [3.8, 4) is 0 Å². The molecule has 0 spiro atoms. The van der Waals surface area contributed by atoms with Crippen LogP contribution in [0.2, 0.25) is 0 Å². The van der Waals surface area contributed by atoms with Crippen LogP contribution in [0.25, 0.3) is 0 Å². The Labute approximate surface area is 195 Å². The number of carbonyl (C=O) groups is 2. The summed E-state index contributed by atoms with van der Waals surface area (Å²) >= 11 is 0. The lowest BCUT2D eigenvalue weighted by Gasteiger charge is -2.33. The largest absolute Gasteiger partial charge is 0.495 e. The summed E-state index contributed by atoms with van der Waals surface area (Å²) in [6.45, 7) is 11.3. The number of hydrogen-bond acceptors (Lipinski definition) is 6. The molecule has 0 radical (unpaired) electrons. The molecule has 1 heterocycles. The van der Waals surface area contributed by atoms with E-state index in [0.29, 0.717) is 6.54 Å². The first-order valence-corrected chi connectivity index (χ1v) is 11.0. The molecule has 0 aliphatic carbocycles. The Balaban J connectivity index is 1.61. The number of alkyl carbamates (subject to hydrolysis) is 1. The molecule has 2 aromatic carbocycles. The van der Waals surface area contributed by atoms with Gasteiger partial charge in [0.15, 0.2) is 5.60 Å². The first-order chi connectivity index (χ1) is 15.4. The SMILES string of the molecule is CC(C)(C)OC(=O)NCc1ccc(B2OC(C)(C)C(C)(C(=O)OCc3ccccc3)O2)cc1. The van der Waals surface area contributed by atoms with Crippen molar-refractivity contribution in [2.24, 2.45) is 0 Å². The zero-order valence-electron chi connectivity index (χ0n) is 20.1. The minimum Gasteiger partial charge on any atom is -0.459 e. The van der Waals surface area contributed by atoms with Gasteiger partial charge < -0.3 is 24.1 Å². The number of benzene rings is 2. The lowest BCUT2D eigenvalue weighted by Crippen LogP contribution is -2.52. The summed E-state index contributed by atoms with van der Waals surface area (Å²) in [5.41, 5.74) is -0.160. The molecule has 8 heteroatoms. The minimum absolute atomic E-state index is 0.165. The molecule has 1 fully saturated rings. The molecule has 2 aromatic rings. The van der Waals surface area contributed by atoms with Crippen molar-refractivity contribution < 1.29 is 28.4 Å². The lowest BCUT2D eigenvalue weighted by atomic mass is 9.79. The third kappa shape index (κ3) is 6.15. The average Bonchev–Trinajstić information content (AvgIpc) is 3.00. The van der Waals surface area contributed by atoms with Crippen molar-refractivity contribution in [2.75, 3.05) is 0 Å². The van der Waals surface area contributed by atoms with Crippen LogP contribution in [0.15, 0.2) is 54.6 Å². The van der Waals surface area contributed by atoms with Crippen LogP contribution >= 0.6 is 0 Å². The Morgan fingerprint density at radius 3 is 2.18 bits per heavy atom. The third-order valence-corrected chi connectivity index (χ3v) is 5.58. The van der Waals surface area contributed by atoms with Crippen LogP contribution in [0.4, 0.5) is 4.79 Å². The minimum atomic E-state index is -1.27. The molecule has 1 aliphatic heterocycles. The fourth-order valence-corrected chi connectivity index (χ4v) is 3.33. The average molecular weight is 453 g/mol. The highest BCUT2D eigenvalue weighted by atomic mass is 16.7. The van der Waals surface area contributed by atoms with E-state index in [2.05, 4.69) is 5.32 Å². The summed E-state index contributed by atoms with van der Waals surface area (Å²) in [5.74, 6) is -0.475. The lowest BCUT2D eigenvalue weighted by molar-refractivity contribution is -0.169. The van der Waals surface area contributed by atoms with Gasteiger partial charge in [0.2, 0.25) is 0 Å². The number of rotatable bonds is 6. The second-order valence-corrected chi connectivity index (χ2v) is 9.77. The highest BCUT2D eigenvalue weighted by molar-refractivity contribution is 6.62. The van der Waals surface area contributed by atoms with Gasteiger partial charge in [0.25, 0.3) is 0 Å². The van der Waals surface area contributed by atoms with Crippen LogP contribution in [0, 0.1) is 0 Å². The topological polar surface area (TPSA) is 83.1 Å². The van der Waals surface area contributed by atoms with Gasteiger partial charge in [-0.1, -0.05) is 54.6 Å². The van der Waals surface area contributed by atoms with Gasteiger partial charge >= 0.3 is 19.2 Å². The van der Waals surface area contributed by atoms with Gasteiger partial charge in [0, 0.05) is 6.54 Å². The van der Waals surface area contributed by atoms with Crippen LogP contribution in [0.3, 0.4) is 0 Å². The molecule has 7 nitrogen and oxygen atoms in total. The van der Waals surface area contributed by atoms with Gasteiger partial charge in [-0.3, -0.25) is 0 Å². The van der Waals surface area contributed by atoms with E-state index in [4.69, 9.17) is 18.8 Å². The van der Waals surface area contributed by atoms with Crippen LogP contribution in [-0.4, -0.2) is 36.0 Å². The highest BCUT2D eigenvalue weighted by Gasteiger charge is 2.60. The van der Waals surface area contributed by atoms with Crippen molar-refractivity contribution in [1.82, 2.24) is 5.32 Å². The quantitative estimate of drug-likeness (QED) is 0.530. The van der Waals surface area contributed by atoms with Crippen LogP contribution in [0.5, 0.6) is 0 Å². The Bertz CT molecular complexity index is 971. The molecule has 1 unspecified atom stereocenters. The van der Waals surface area contributed by atoms with E-state index in [1.54, 1.807) is 6.92 Å². The summed E-state index contributed by atoms with van der Waals surface area (Å²) in [6, 6.07) is 16.9. The van der Waals surface area contributed by atoms with Crippen LogP contribution < -0.4 is 10.8 Å². The molecule has 33 heavy (non-hydrogen) atoms. The monoisotopic (exact) mass is 453 g/mol. The first-order valence-electron chi connectivity index (χ1n) is 11.0. The maximum Gasteiger partial charge on any atom is 0.495 e. The fourth-order valence-electron chi connectivity index (χ4n) is 3.33.